The van der Waals surface area contributed by atoms with Crippen LogP contribution in [0.25, 0.3) is 10.8 Å². The second kappa shape index (κ2) is 5.07. The topological polar surface area (TPSA) is 24.8 Å². The van der Waals surface area contributed by atoms with Crippen LogP contribution in [0, 0.1) is 5.41 Å². The van der Waals surface area contributed by atoms with Gasteiger partial charge in [0, 0.05) is 17.3 Å². The molecule has 1 unspecified atom stereocenters. The van der Waals surface area contributed by atoms with Crippen LogP contribution in [0.1, 0.15) is 33.6 Å². The van der Waals surface area contributed by atoms with E-state index < -0.39 is 5.72 Å². The number of hydrogen-bond acceptors (Lipinski definition) is 3. The second-order valence-electron chi connectivity index (χ2n) is 7.26. The van der Waals surface area contributed by atoms with Crippen molar-refractivity contribution in [2.75, 3.05) is 13.1 Å². The molecule has 2 aliphatic rings. The molecule has 3 heteroatoms. The molecule has 0 aromatic heterocycles. The molecule has 1 spiro atoms. The molecule has 0 N–H and O–H groups in total. The first kappa shape index (κ1) is 14.7. The first-order valence-electron chi connectivity index (χ1n) is 8.58. The molecule has 23 heavy (non-hydrogen) atoms. The van der Waals surface area contributed by atoms with Crippen molar-refractivity contribution in [2.24, 2.45) is 10.4 Å². The van der Waals surface area contributed by atoms with Crippen LogP contribution in [-0.2, 0) is 0 Å². The van der Waals surface area contributed by atoms with Gasteiger partial charge in [-0.3, -0.25) is 9.89 Å². The van der Waals surface area contributed by atoms with Crippen LogP contribution in [0.5, 0.6) is 5.75 Å². The van der Waals surface area contributed by atoms with Crippen LogP contribution < -0.4 is 4.74 Å². The Morgan fingerprint density at radius 1 is 1.17 bits per heavy atom. The van der Waals surface area contributed by atoms with Crippen molar-refractivity contribution in [3.8, 4) is 5.75 Å². The highest BCUT2D eigenvalue weighted by Gasteiger charge is 2.53. The molecule has 3 nitrogen and oxygen atoms in total. The third-order valence-electron chi connectivity index (χ3n) is 5.55. The second-order valence-corrected chi connectivity index (χ2v) is 7.26. The fourth-order valence-electron chi connectivity index (χ4n) is 4.13. The molecule has 0 aliphatic carbocycles. The summed E-state index contributed by atoms with van der Waals surface area (Å²) >= 11 is 0. The zero-order chi connectivity index (χ0) is 16.1. The smallest absolute Gasteiger partial charge is 0.204 e. The van der Waals surface area contributed by atoms with E-state index in [1.54, 1.807) is 0 Å². The number of aliphatic imine (C=N–C) groups is 1. The van der Waals surface area contributed by atoms with Crippen molar-refractivity contribution in [1.82, 2.24) is 4.90 Å². The molecule has 1 atom stereocenters. The zero-order valence-corrected chi connectivity index (χ0v) is 14.2. The lowest BCUT2D eigenvalue weighted by atomic mass is 9.73. The molecule has 2 aromatic rings. The van der Waals surface area contributed by atoms with Gasteiger partial charge in [-0.2, -0.15) is 0 Å². The average molecular weight is 308 g/mol. The average Bonchev–Trinajstić information content (AvgIpc) is 2.57. The lowest BCUT2D eigenvalue weighted by molar-refractivity contribution is -0.132. The van der Waals surface area contributed by atoms with Crippen LogP contribution in [0.4, 0.5) is 5.69 Å². The molecule has 0 saturated carbocycles. The normalized spacial score (nSPS) is 26.2. The lowest BCUT2D eigenvalue weighted by Crippen LogP contribution is -2.66. The molecule has 2 heterocycles. The van der Waals surface area contributed by atoms with E-state index >= 15 is 0 Å². The van der Waals surface area contributed by atoms with Crippen molar-refractivity contribution in [1.29, 1.82) is 0 Å². The highest BCUT2D eigenvalue weighted by Crippen LogP contribution is 2.49. The number of ether oxygens (including phenoxy) is 1. The predicted octanol–water partition coefficient (Wildman–Crippen LogP) is 4.77. The SMILES string of the molecule is CCN1CCCC(C)(C)C12C=Nc1c(ccc3ccccc13)O2. The van der Waals surface area contributed by atoms with Crippen LogP contribution in [0.15, 0.2) is 41.4 Å². The maximum absolute atomic E-state index is 6.66. The molecular formula is C20H24N2O. The number of likely N-dealkylation sites (tertiary alicyclic amines) is 1. The molecule has 2 aromatic carbocycles. The Labute approximate surface area is 138 Å². The molecule has 4 rings (SSSR count). The Morgan fingerprint density at radius 2 is 2.00 bits per heavy atom. The van der Waals surface area contributed by atoms with Gasteiger partial charge in [-0.25, -0.2) is 0 Å². The van der Waals surface area contributed by atoms with E-state index in [-0.39, 0.29) is 5.41 Å². The van der Waals surface area contributed by atoms with E-state index in [9.17, 15) is 0 Å². The van der Waals surface area contributed by atoms with Gasteiger partial charge in [0.05, 0.1) is 6.21 Å². The van der Waals surface area contributed by atoms with E-state index in [1.165, 1.54) is 11.8 Å². The van der Waals surface area contributed by atoms with Gasteiger partial charge >= 0.3 is 0 Å². The fraction of sp³-hybridized carbons (Fsp3) is 0.450. The van der Waals surface area contributed by atoms with Gasteiger partial charge in [-0.15, -0.1) is 0 Å². The number of benzene rings is 2. The third kappa shape index (κ3) is 2.03. The Morgan fingerprint density at radius 3 is 2.83 bits per heavy atom. The van der Waals surface area contributed by atoms with Gasteiger partial charge in [-0.05, 0) is 30.8 Å². The predicted molar refractivity (Wildman–Crippen MR) is 95.7 cm³/mol. The first-order chi connectivity index (χ1) is 11.1. The Bertz CT molecular complexity index is 780. The van der Waals surface area contributed by atoms with Gasteiger partial charge in [-0.1, -0.05) is 51.1 Å². The summed E-state index contributed by atoms with van der Waals surface area (Å²) in [5.41, 5.74) is 0.565. The van der Waals surface area contributed by atoms with E-state index in [4.69, 9.17) is 9.73 Å². The Balaban J connectivity index is 1.87. The summed E-state index contributed by atoms with van der Waals surface area (Å²) < 4.78 is 6.66. The van der Waals surface area contributed by atoms with Crippen molar-refractivity contribution >= 4 is 22.7 Å². The summed E-state index contributed by atoms with van der Waals surface area (Å²) in [6.45, 7) is 8.84. The van der Waals surface area contributed by atoms with Crippen molar-refractivity contribution in [2.45, 2.75) is 39.3 Å². The Hall–Kier alpha value is -1.87. The standard InChI is InChI=1S/C20H24N2O/c1-4-22-13-7-12-19(2,3)20(22)14-21-18-16-9-6-5-8-15(16)10-11-17(18)23-20/h5-6,8-11,14H,4,7,12-13H2,1-3H3. The number of fused-ring (bicyclic) bond motifs is 3. The van der Waals surface area contributed by atoms with E-state index in [0.717, 1.165) is 36.3 Å². The van der Waals surface area contributed by atoms with Gasteiger partial charge < -0.3 is 4.74 Å². The minimum atomic E-state index is -0.435. The molecule has 1 saturated heterocycles. The van der Waals surface area contributed by atoms with Crippen molar-refractivity contribution in [3.63, 3.8) is 0 Å². The molecular weight excluding hydrogens is 284 g/mol. The summed E-state index contributed by atoms with van der Waals surface area (Å²) in [7, 11) is 0. The molecule has 1 fully saturated rings. The summed E-state index contributed by atoms with van der Waals surface area (Å²) in [6.07, 6.45) is 4.42. The van der Waals surface area contributed by atoms with Gasteiger partial charge in [0.2, 0.25) is 5.72 Å². The van der Waals surface area contributed by atoms with Crippen molar-refractivity contribution in [3.05, 3.63) is 36.4 Å². The molecule has 0 amide bonds. The maximum Gasteiger partial charge on any atom is 0.204 e. The maximum atomic E-state index is 6.66. The minimum Gasteiger partial charge on any atom is -0.464 e. The summed E-state index contributed by atoms with van der Waals surface area (Å²) in [6, 6.07) is 12.6. The first-order valence-corrected chi connectivity index (χ1v) is 8.58. The number of rotatable bonds is 1. The van der Waals surface area contributed by atoms with Gasteiger partial charge in [0.25, 0.3) is 0 Å². The third-order valence-corrected chi connectivity index (χ3v) is 5.55. The van der Waals surface area contributed by atoms with E-state index in [0.29, 0.717) is 0 Å². The van der Waals surface area contributed by atoms with E-state index in [1.807, 2.05) is 0 Å². The quantitative estimate of drug-likeness (QED) is 0.758. The molecule has 2 aliphatic heterocycles. The monoisotopic (exact) mass is 308 g/mol. The Kier molecular flexibility index (Phi) is 3.24. The summed E-state index contributed by atoms with van der Waals surface area (Å²) in [4.78, 5) is 7.33. The molecule has 0 radical (unpaired) electrons. The summed E-state index contributed by atoms with van der Waals surface area (Å²) in [5, 5.41) is 2.37. The zero-order valence-electron chi connectivity index (χ0n) is 14.2. The highest BCUT2D eigenvalue weighted by molar-refractivity contribution is 5.98. The van der Waals surface area contributed by atoms with Crippen LogP contribution in [-0.4, -0.2) is 29.9 Å². The largest absolute Gasteiger partial charge is 0.464 e. The van der Waals surface area contributed by atoms with E-state index in [2.05, 4.69) is 68.3 Å². The number of hydrogen-bond donors (Lipinski definition) is 0. The van der Waals surface area contributed by atoms with Gasteiger partial charge in [0.15, 0.2) is 0 Å². The fourth-order valence-corrected chi connectivity index (χ4v) is 4.13. The summed E-state index contributed by atoms with van der Waals surface area (Å²) in [5.74, 6) is 0.902. The number of piperidine rings is 1. The minimum absolute atomic E-state index is 0.0358. The van der Waals surface area contributed by atoms with Crippen molar-refractivity contribution < 1.29 is 4.74 Å². The van der Waals surface area contributed by atoms with Crippen LogP contribution in [0.2, 0.25) is 0 Å². The number of nitrogens with zero attached hydrogens (tertiary/aromatic N) is 2. The van der Waals surface area contributed by atoms with Crippen LogP contribution in [0.3, 0.4) is 0 Å². The van der Waals surface area contributed by atoms with Crippen LogP contribution >= 0.6 is 0 Å². The van der Waals surface area contributed by atoms with Gasteiger partial charge in [0.1, 0.15) is 11.4 Å². The molecule has 0 bridgehead atoms. The lowest BCUT2D eigenvalue weighted by Gasteiger charge is -2.54. The highest BCUT2D eigenvalue weighted by atomic mass is 16.5. The molecule has 120 valence electrons.